The molecule has 0 saturated heterocycles. The van der Waals surface area contributed by atoms with Crippen molar-refractivity contribution in [3.63, 3.8) is 0 Å². The molecule has 0 aliphatic heterocycles. The average molecular weight is 266 g/mol. The molecule has 0 heterocycles. The first-order valence-electron chi connectivity index (χ1n) is 2.00. The molecule has 82 valence electrons. The lowest BCUT2D eigenvalue weighted by molar-refractivity contribution is -0.0441. The number of halogens is 4. The predicted octanol–water partition coefficient (Wildman–Crippen LogP) is -1.17. The van der Waals surface area contributed by atoms with Crippen LogP contribution in [0, 0.1) is 0 Å². The largest absolute Gasteiger partial charge is 0.512 e. The van der Waals surface area contributed by atoms with Gasteiger partial charge in [0.25, 0.3) is 0 Å². The average Bonchev–Trinajstić information content (AvgIpc) is 1.52. The van der Waals surface area contributed by atoms with Gasteiger partial charge in [0.1, 0.15) is 0 Å². The van der Waals surface area contributed by atoms with Crippen LogP contribution in [-0.4, -0.2) is 22.3 Å². The van der Waals surface area contributed by atoms with Crippen molar-refractivity contribution in [3.05, 3.63) is 0 Å². The lowest BCUT2D eigenvalue weighted by Crippen LogP contribution is -2.38. The highest BCUT2D eigenvalue weighted by Gasteiger charge is 2.48. The molecular weight excluding hydrogens is 262 g/mol. The molecule has 0 rings (SSSR count). The number of nitrogens with one attached hydrogen (secondary N) is 1. The number of alkyl halides is 3. The Bertz CT molecular complexity index is 351. The first-order valence-corrected chi connectivity index (χ1v) is 4.87. The van der Waals surface area contributed by atoms with Gasteiger partial charge in [-0.05, 0) is 0 Å². The predicted molar refractivity (Wildman–Crippen MR) is 39.7 cm³/mol. The van der Waals surface area contributed by atoms with Crippen LogP contribution in [0.4, 0.5) is 17.1 Å². The zero-order valence-electron chi connectivity index (χ0n) is 5.54. The summed E-state index contributed by atoms with van der Waals surface area (Å²) in [6, 6.07) is 0. The third-order valence-electron chi connectivity index (χ3n) is 0.514. The minimum absolute atomic E-state index is 0. The molecule has 0 aromatic heterocycles. The third kappa shape index (κ3) is 5.28. The second-order valence-electron chi connectivity index (χ2n) is 1.47. The fourth-order valence-electron chi connectivity index (χ4n) is 0.178. The van der Waals surface area contributed by atoms with Gasteiger partial charge in [0, 0.05) is 0 Å². The Morgan fingerprint density at radius 2 is 1.31 bits per heavy atom. The number of sulfonamides is 1. The van der Waals surface area contributed by atoms with Gasteiger partial charge < -0.3 is 0 Å². The van der Waals surface area contributed by atoms with Crippen molar-refractivity contribution in [2.45, 2.75) is 5.51 Å². The van der Waals surface area contributed by atoms with Crippen LogP contribution in [0.2, 0.25) is 0 Å². The summed E-state index contributed by atoms with van der Waals surface area (Å²) in [5.41, 5.74) is -5.86. The third-order valence-corrected chi connectivity index (χ3v) is 2.80. The Balaban J connectivity index is 0. The lowest BCUT2D eigenvalue weighted by atomic mass is 11.6. The van der Waals surface area contributed by atoms with Crippen molar-refractivity contribution >= 4 is 33.9 Å². The Hall–Kier alpha value is -0.0700. The topological polar surface area (TPSA) is 80.3 Å². The molecule has 0 spiro atoms. The fourth-order valence-corrected chi connectivity index (χ4v) is 1.60. The van der Waals surface area contributed by atoms with Crippen LogP contribution in [-0.2, 0) is 33.9 Å². The van der Waals surface area contributed by atoms with Crippen LogP contribution in [0.25, 0.3) is 0 Å². The van der Waals surface area contributed by atoms with Gasteiger partial charge >= 0.3 is 25.9 Å². The van der Waals surface area contributed by atoms with Crippen molar-refractivity contribution in [2.24, 2.45) is 0 Å². The maximum absolute atomic E-state index is 11.4. The van der Waals surface area contributed by atoms with Crippen molar-refractivity contribution < 1.29 is 33.9 Å². The normalized spacial score (nSPS) is 13.5. The van der Waals surface area contributed by atoms with Crippen LogP contribution >= 0.6 is 0 Å². The van der Waals surface area contributed by atoms with E-state index in [2.05, 4.69) is 0 Å². The first-order chi connectivity index (χ1) is 4.96. The second-order valence-corrected chi connectivity index (χ2v) is 4.48. The minimum Gasteiger partial charge on any atom is -0.202 e. The van der Waals surface area contributed by atoms with E-state index < -0.39 is 25.9 Å². The van der Waals surface area contributed by atoms with Gasteiger partial charge in [-0.1, -0.05) is 21.5 Å². The molecule has 5 nitrogen and oxygen atoms in total. The molecule has 0 atom stereocenters. The molecule has 0 radical (unpaired) electrons. The van der Waals surface area contributed by atoms with E-state index in [0.717, 1.165) is 0 Å². The zero-order chi connectivity index (χ0) is 10.2. The summed E-state index contributed by atoms with van der Waals surface area (Å²) in [6.45, 7) is 0. The van der Waals surface area contributed by atoms with Crippen LogP contribution in [0.15, 0.2) is 0 Å². The maximum atomic E-state index is 11.4. The van der Waals surface area contributed by atoms with Gasteiger partial charge in [-0.2, -0.15) is 21.6 Å². The van der Waals surface area contributed by atoms with Gasteiger partial charge in [-0.25, -0.2) is 8.42 Å². The summed E-state index contributed by atoms with van der Waals surface area (Å²) in [6.07, 6.45) is 0. The van der Waals surface area contributed by atoms with Gasteiger partial charge in [-0.15, -0.1) is 0 Å². The van der Waals surface area contributed by atoms with Crippen molar-refractivity contribution in [2.75, 3.05) is 0 Å². The van der Waals surface area contributed by atoms with Crippen LogP contribution in [0.1, 0.15) is 0 Å². The number of hydrogen-bond donors (Lipinski definition) is 1. The monoisotopic (exact) mass is 266 g/mol. The summed E-state index contributed by atoms with van der Waals surface area (Å²) >= 11 is 0. The van der Waals surface area contributed by atoms with Gasteiger partial charge in [0.15, 0.2) is 0 Å². The molecule has 12 heteroatoms. The zero-order valence-corrected chi connectivity index (χ0v) is 8.33. The summed E-state index contributed by atoms with van der Waals surface area (Å²) in [7, 11) is -12.1. The Labute approximate surface area is 78.0 Å². The van der Waals surface area contributed by atoms with Crippen molar-refractivity contribution in [1.29, 1.82) is 0 Å². The quantitative estimate of drug-likeness (QED) is 0.388. The van der Waals surface area contributed by atoms with Crippen molar-refractivity contribution in [1.82, 2.24) is 4.13 Å². The summed E-state index contributed by atoms with van der Waals surface area (Å²) in [5.74, 6) is 0. The van der Waals surface area contributed by atoms with E-state index in [9.17, 15) is 33.9 Å². The molecule has 0 saturated carbocycles. The first kappa shape index (κ1) is 15.4. The molecule has 0 aliphatic carbocycles. The van der Waals surface area contributed by atoms with E-state index in [1.807, 2.05) is 0 Å². The molecule has 0 unspecified atom stereocenters. The smallest absolute Gasteiger partial charge is 0.202 e. The molecule has 1 N–H and O–H groups in total. The van der Waals surface area contributed by atoms with Gasteiger partial charge in [0.05, 0.1) is 0 Å². The SMILES string of the molecule is O=S(=O)(F)NS(=O)(=O)C(F)(F)F.[SH3+]. The second kappa shape index (κ2) is 3.98. The van der Waals surface area contributed by atoms with Crippen LogP contribution in [0.5, 0.6) is 0 Å². The Morgan fingerprint density at radius 1 is 1.00 bits per heavy atom. The van der Waals surface area contributed by atoms with E-state index in [1.165, 1.54) is 0 Å². The van der Waals surface area contributed by atoms with Gasteiger partial charge in [-0.3, -0.25) is 0 Å². The lowest BCUT2D eigenvalue weighted by Gasteiger charge is -2.04. The van der Waals surface area contributed by atoms with E-state index in [1.54, 1.807) is 0 Å². The minimum atomic E-state index is -6.17. The summed E-state index contributed by atoms with van der Waals surface area (Å²) < 4.78 is 83.5. The van der Waals surface area contributed by atoms with E-state index in [0.29, 0.717) is 0 Å². The maximum Gasteiger partial charge on any atom is 0.512 e. The molecule has 0 aromatic rings. The molecule has 0 aliphatic rings. The van der Waals surface area contributed by atoms with E-state index in [-0.39, 0.29) is 17.6 Å². The molecule has 0 amide bonds. The van der Waals surface area contributed by atoms with Crippen LogP contribution < -0.4 is 4.13 Å². The number of hydrogen-bond acceptors (Lipinski definition) is 4. The van der Waals surface area contributed by atoms with Crippen molar-refractivity contribution in [3.8, 4) is 0 Å². The fraction of sp³-hybridized carbons (Fsp3) is 1.00. The van der Waals surface area contributed by atoms with Crippen LogP contribution in [0.3, 0.4) is 0 Å². The standard InChI is InChI=1S/CHF4NO4S2.H2S/c2-1(3,4)11(7,8)6-12(5,9)10;/h6H;1H2/p+1. The molecular formula is CH4F4NO4S3+. The Morgan fingerprint density at radius 3 is 1.38 bits per heavy atom. The van der Waals surface area contributed by atoms with Gasteiger partial charge in [0.2, 0.25) is 0 Å². The summed E-state index contributed by atoms with van der Waals surface area (Å²) in [4.78, 5) is 0. The molecule has 0 fully saturated rings. The highest BCUT2D eigenvalue weighted by molar-refractivity contribution is 8.03. The Kier molecular flexibility index (Phi) is 4.71. The van der Waals surface area contributed by atoms with E-state index in [4.69, 9.17) is 0 Å². The molecule has 13 heavy (non-hydrogen) atoms. The summed E-state index contributed by atoms with van der Waals surface area (Å²) in [5, 5.41) is 0. The molecule has 0 aromatic carbocycles. The van der Waals surface area contributed by atoms with E-state index >= 15 is 0 Å². The highest BCUT2D eigenvalue weighted by Crippen LogP contribution is 2.22. The molecule has 0 bridgehead atoms. The highest BCUT2D eigenvalue weighted by atomic mass is 32.3. The number of rotatable bonds is 2.